The molecule has 0 saturated carbocycles. The lowest BCUT2D eigenvalue weighted by Gasteiger charge is -2.31. The van der Waals surface area contributed by atoms with Crippen molar-refractivity contribution in [3.05, 3.63) is 5.01 Å². The van der Waals surface area contributed by atoms with E-state index in [9.17, 15) is 9.59 Å². The van der Waals surface area contributed by atoms with Crippen LogP contribution in [0.3, 0.4) is 0 Å². The number of aliphatic carboxylic acids is 1. The maximum absolute atomic E-state index is 12.0. The lowest BCUT2D eigenvalue weighted by molar-refractivity contribution is -0.138. The van der Waals surface area contributed by atoms with Crippen LogP contribution in [0.15, 0.2) is 0 Å². The van der Waals surface area contributed by atoms with Crippen LogP contribution in [-0.2, 0) is 4.79 Å². The van der Waals surface area contributed by atoms with Crippen LogP contribution in [-0.4, -0.2) is 45.3 Å². The number of urea groups is 1. The molecule has 104 valence electrons. The standard InChI is InChI=1S/C11H16N4O3S/c1-7-13-14-10(19-7)12-11(18)15-4-2-3-8(6-15)5-9(16)17/h8H,2-6H2,1H3,(H,16,17)(H,12,14,18). The first kappa shape index (κ1) is 13.7. The number of nitrogens with zero attached hydrogens (tertiary/aromatic N) is 3. The number of carboxylic acid groups (broad SMARTS) is 1. The Balaban J connectivity index is 1.89. The summed E-state index contributed by atoms with van der Waals surface area (Å²) in [6.45, 7) is 2.95. The fourth-order valence-corrected chi connectivity index (χ4v) is 2.76. The van der Waals surface area contributed by atoms with Gasteiger partial charge in [0.2, 0.25) is 5.13 Å². The third-order valence-electron chi connectivity index (χ3n) is 3.01. The monoisotopic (exact) mass is 284 g/mol. The quantitative estimate of drug-likeness (QED) is 0.878. The van der Waals surface area contributed by atoms with Crippen LogP contribution in [0.1, 0.15) is 24.3 Å². The Hall–Kier alpha value is -1.70. The molecule has 1 aliphatic heterocycles. The molecule has 19 heavy (non-hydrogen) atoms. The number of carbonyl (C=O) groups excluding carboxylic acids is 1. The van der Waals surface area contributed by atoms with E-state index in [1.54, 1.807) is 4.90 Å². The molecule has 2 N–H and O–H groups in total. The molecule has 2 amide bonds. The number of amides is 2. The van der Waals surface area contributed by atoms with Crippen molar-refractivity contribution in [2.75, 3.05) is 18.4 Å². The van der Waals surface area contributed by atoms with Gasteiger partial charge in [-0.3, -0.25) is 10.1 Å². The van der Waals surface area contributed by atoms with E-state index in [1.807, 2.05) is 6.92 Å². The Bertz CT molecular complexity index is 476. The highest BCUT2D eigenvalue weighted by atomic mass is 32.1. The normalized spacial score (nSPS) is 19.2. The second-order valence-electron chi connectivity index (χ2n) is 4.61. The van der Waals surface area contributed by atoms with E-state index in [2.05, 4.69) is 15.5 Å². The average Bonchev–Trinajstić information content (AvgIpc) is 2.74. The van der Waals surface area contributed by atoms with E-state index < -0.39 is 5.97 Å². The molecule has 1 aliphatic rings. The zero-order valence-corrected chi connectivity index (χ0v) is 11.4. The number of piperidine rings is 1. The number of likely N-dealkylation sites (tertiary alicyclic amines) is 1. The first-order valence-corrected chi connectivity index (χ1v) is 6.94. The van der Waals surface area contributed by atoms with Gasteiger partial charge in [-0.1, -0.05) is 11.3 Å². The second-order valence-corrected chi connectivity index (χ2v) is 5.79. The minimum absolute atomic E-state index is 0.0353. The van der Waals surface area contributed by atoms with Crippen molar-refractivity contribution in [1.29, 1.82) is 0 Å². The fourth-order valence-electron chi connectivity index (χ4n) is 2.18. The molecule has 1 aromatic heterocycles. The van der Waals surface area contributed by atoms with Gasteiger partial charge in [-0.2, -0.15) is 0 Å². The van der Waals surface area contributed by atoms with Crippen molar-refractivity contribution < 1.29 is 14.7 Å². The first-order valence-electron chi connectivity index (χ1n) is 6.12. The Kier molecular flexibility index (Phi) is 4.31. The number of nitrogens with one attached hydrogen (secondary N) is 1. The van der Waals surface area contributed by atoms with Crippen molar-refractivity contribution in [3.8, 4) is 0 Å². The Morgan fingerprint density at radius 1 is 1.53 bits per heavy atom. The highest BCUT2D eigenvalue weighted by Crippen LogP contribution is 2.21. The maximum Gasteiger partial charge on any atom is 0.323 e. The highest BCUT2D eigenvalue weighted by molar-refractivity contribution is 7.15. The number of anilines is 1. The Morgan fingerprint density at radius 3 is 2.95 bits per heavy atom. The first-order chi connectivity index (χ1) is 9.04. The summed E-state index contributed by atoms with van der Waals surface area (Å²) in [5.74, 6) is -0.778. The molecule has 2 rings (SSSR count). The van der Waals surface area contributed by atoms with Crippen LogP contribution >= 0.6 is 11.3 Å². The van der Waals surface area contributed by atoms with Crippen LogP contribution in [0.25, 0.3) is 0 Å². The van der Waals surface area contributed by atoms with Crippen LogP contribution in [0, 0.1) is 12.8 Å². The largest absolute Gasteiger partial charge is 0.481 e. The summed E-state index contributed by atoms with van der Waals surface area (Å²) < 4.78 is 0. The van der Waals surface area contributed by atoms with Gasteiger partial charge in [0, 0.05) is 19.5 Å². The van der Waals surface area contributed by atoms with Crippen LogP contribution in [0.5, 0.6) is 0 Å². The van der Waals surface area contributed by atoms with Crippen molar-refractivity contribution >= 4 is 28.5 Å². The van der Waals surface area contributed by atoms with Crippen molar-refractivity contribution in [1.82, 2.24) is 15.1 Å². The third-order valence-corrected chi connectivity index (χ3v) is 3.76. The SMILES string of the molecule is Cc1nnc(NC(=O)N2CCCC(CC(=O)O)C2)s1. The number of hydrogen-bond donors (Lipinski definition) is 2. The van der Waals surface area contributed by atoms with Crippen LogP contribution < -0.4 is 5.32 Å². The van der Waals surface area contributed by atoms with Gasteiger partial charge in [-0.05, 0) is 25.7 Å². The number of aryl methyl sites for hydroxylation is 1. The maximum atomic E-state index is 12.0. The van der Waals surface area contributed by atoms with E-state index >= 15 is 0 Å². The van der Waals surface area contributed by atoms with Gasteiger partial charge in [0.05, 0.1) is 0 Å². The molecule has 0 bridgehead atoms. The zero-order chi connectivity index (χ0) is 13.8. The smallest absolute Gasteiger partial charge is 0.323 e. The lowest BCUT2D eigenvalue weighted by atomic mass is 9.95. The third kappa shape index (κ3) is 3.88. The zero-order valence-electron chi connectivity index (χ0n) is 10.6. The number of carbonyl (C=O) groups is 2. The molecule has 0 radical (unpaired) electrons. The minimum atomic E-state index is -0.813. The van der Waals surface area contributed by atoms with Gasteiger partial charge in [0.1, 0.15) is 5.01 Å². The Morgan fingerprint density at radius 2 is 2.32 bits per heavy atom. The van der Waals surface area contributed by atoms with Gasteiger partial charge >= 0.3 is 12.0 Å². The number of carboxylic acids is 1. The average molecular weight is 284 g/mol. The molecule has 1 fully saturated rings. The number of hydrogen-bond acceptors (Lipinski definition) is 5. The summed E-state index contributed by atoms with van der Waals surface area (Å²) in [5, 5.41) is 20.4. The number of rotatable bonds is 3. The molecule has 0 spiro atoms. The summed E-state index contributed by atoms with van der Waals surface area (Å²) in [7, 11) is 0. The molecule has 8 heteroatoms. The van der Waals surface area contributed by atoms with E-state index in [0.717, 1.165) is 17.8 Å². The van der Waals surface area contributed by atoms with Crippen LogP contribution in [0.4, 0.5) is 9.93 Å². The highest BCUT2D eigenvalue weighted by Gasteiger charge is 2.25. The molecular formula is C11H16N4O3S. The summed E-state index contributed by atoms with van der Waals surface area (Å²) in [6, 6.07) is -0.230. The summed E-state index contributed by atoms with van der Waals surface area (Å²) >= 11 is 1.32. The molecule has 1 saturated heterocycles. The van der Waals surface area contributed by atoms with Gasteiger partial charge in [0.25, 0.3) is 0 Å². The molecule has 1 atom stereocenters. The van der Waals surface area contributed by atoms with Crippen molar-refractivity contribution in [2.45, 2.75) is 26.2 Å². The van der Waals surface area contributed by atoms with E-state index in [-0.39, 0.29) is 18.4 Å². The minimum Gasteiger partial charge on any atom is -0.481 e. The second kappa shape index (κ2) is 5.96. The molecule has 0 aromatic carbocycles. The molecule has 2 heterocycles. The van der Waals surface area contributed by atoms with Gasteiger partial charge in [0.15, 0.2) is 0 Å². The van der Waals surface area contributed by atoms with E-state index in [4.69, 9.17) is 5.11 Å². The Labute approximate surface area is 114 Å². The van der Waals surface area contributed by atoms with Crippen molar-refractivity contribution in [3.63, 3.8) is 0 Å². The predicted molar refractivity (Wildman–Crippen MR) is 70.2 cm³/mol. The summed E-state index contributed by atoms with van der Waals surface area (Å²) in [5.41, 5.74) is 0. The lowest BCUT2D eigenvalue weighted by Crippen LogP contribution is -2.42. The van der Waals surface area contributed by atoms with Crippen LogP contribution in [0.2, 0.25) is 0 Å². The van der Waals surface area contributed by atoms with Crippen molar-refractivity contribution in [2.24, 2.45) is 5.92 Å². The predicted octanol–water partition coefficient (Wildman–Crippen LogP) is 1.57. The number of aromatic nitrogens is 2. The molecule has 1 unspecified atom stereocenters. The fraction of sp³-hybridized carbons (Fsp3) is 0.636. The van der Waals surface area contributed by atoms with Gasteiger partial charge < -0.3 is 10.0 Å². The van der Waals surface area contributed by atoms with Gasteiger partial charge in [-0.15, -0.1) is 10.2 Å². The molecule has 0 aliphatic carbocycles. The molecule has 7 nitrogen and oxygen atoms in total. The van der Waals surface area contributed by atoms with E-state index in [0.29, 0.717) is 18.2 Å². The van der Waals surface area contributed by atoms with Gasteiger partial charge in [-0.25, -0.2) is 4.79 Å². The molecule has 1 aromatic rings. The van der Waals surface area contributed by atoms with E-state index in [1.165, 1.54) is 11.3 Å². The molecular weight excluding hydrogens is 268 g/mol. The summed E-state index contributed by atoms with van der Waals surface area (Å²) in [4.78, 5) is 24.4. The summed E-state index contributed by atoms with van der Waals surface area (Å²) in [6.07, 6.45) is 1.80. The topological polar surface area (TPSA) is 95.4 Å².